The van der Waals surface area contributed by atoms with Crippen LogP contribution in [0.25, 0.3) is 0 Å². The molecule has 1 aromatic heterocycles. The molecule has 1 fully saturated rings. The average Bonchev–Trinajstić information content (AvgIpc) is 2.88. The summed E-state index contributed by atoms with van der Waals surface area (Å²) < 4.78 is 0. The summed E-state index contributed by atoms with van der Waals surface area (Å²) >= 11 is 0. The number of aromatic nitrogens is 2. The van der Waals surface area contributed by atoms with Crippen molar-refractivity contribution < 1.29 is 4.79 Å². The molecule has 0 aromatic carbocycles. The highest BCUT2D eigenvalue weighted by Gasteiger charge is 2.19. The topological polar surface area (TPSA) is 57.8 Å². The Bertz CT molecular complexity index is 328. The van der Waals surface area contributed by atoms with E-state index in [0.29, 0.717) is 12.3 Å². The maximum Gasteiger partial charge on any atom is 0.220 e. The zero-order valence-electron chi connectivity index (χ0n) is 9.70. The van der Waals surface area contributed by atoms with Crippen molar-refractivity contribution in [2.75, 3.05) is 0 Å². The fourth-order valence-corrected chi connectivity index (χ4v) is 2.36. The molecule has 1 aliphatic carbocycles. The molecule has 4 nitrogen and oxygen atoms in total. The predicted octanol–water partition coefficient (Wildman–Crippen LogP) is 2.17. The molecular weight excluding hydrogens is 202 g/mol. The standard InChI is InChI=1S/C12H19N3O/c1-9(12-13-6-7-14-12)15-11(16)8-10-4-2-3-5-10/h6-7,9-10H,2-5,8H2,1H3,(H,13,14)(H,15,16). The van der Waals surface area contributed by atoms with E-state index in [2.05, 4.69) is 15.3 Å². The van der Waals surface area contributed by atoms with Gasteiger partial charge in [-0.25, -0.2) is 4.98 Å². The molecule has 2 rings (SSSR count). The summed E-state index contributed by atoms with van der Waals surface area (Å²) in [6.45, 7) is 1.95. The van der Waals surface area contributed by atoms with Crippen molar-refractivity contribution in [3.05, 3.63) is 18.2 Å². The molecule has 0 spiro atoms. The van der Waals surface area contributed by atoms with Crippen LogP contribution in [0, 0.1) is 5.92 Å². The minimum Gasteiger partial charge on any atom is -0.347 e. The van der Waals surface area contributed by atoms with Gasteiger partial charge in [0.15, 0.2) is 0 Å². The Balaban J connectivity index is 1.78. The van der Waals surface area contributed by atoms with Crippen LogP contribution >= 0.6 is 0 Å². The molecule has 1 atom stereocenters. The summed E-state index contributed by atoms with van der Waals surface area (Å²) in [5.74, 6) is 1.57. The zero-order chi connectivity index (χ0) is 11.4. The van der Waals surface area contributed by atoms with Gasteiger partial charge in [-0.3, -0.25) is 4.79 Å². The van der Waals surface area contributed by atoms with Gasteiger partial charge in [0, 0.05) is 18.8 Å². The van der Waals surface area contributed by atoms with E-state index in [1.807, 2.05) is 6.92 Å². The van der Waals surface area contributed by atoms with E-state index in [1.54, 1.807) is 12.4 Å². The number of nitrogens with one attached hydrogen (secondary N) is 2. The molecule has 88 valence electrons. The van der Waals surface area contributed by atoms with Crippen LogP contribution in [0.2, 0.25) is 0 Å². The largest absolute Gasteiger partial charge is 0.347 e. The summed E-state index contributed by atoms with van der Waals surface area (Å²) in [4.78, 5) is 18.9. The van der Waals surface area contributed by atoms with E-state index in [-0.39, 0.29) is 11.9 Å². The third kappa shape index (κ3) is 2.84. The number of hydrogen-bond donors (Lipinski definition) is 2. The third-order valence-corrected chi connectivity index (χ3v) is 3.26. The van der Waals surface area contributed by atoms with Crippen molar-refractivity contribution in [1.82, 2.24) is 15.3 Å². The molecule has 0 saturated heterocycles. The van der Waals surface area contributed by atoms with Gasteiger partial charge in [0.2, 0.25) is 5.91 Å². The van der Waals surface area contributed by atoms with E-state index in [4.69, 9.17) is 0 Å². The summed E-state index contributed by atoms with van der Waals surface area (Å²) in [7, 11) is 0. The van der Waals surface area contributed by atoms with E-state index in [1.165, 1.54) is 25.7 Å². The van der Waals surface area contributed by atoms with E-state index in [9.17, 15) is 4.79 Å². The summed E-state index contributed by atoms with van der Waals surface area (Å²) in [5, 5.41) is 2.98. The number of carbonyl (C=O) groups excluding carboxylic acids is 1. The number of aromatic amines is 1. The molecular formula is C12H19N3O. The van der Waals surface area contributed by atoms with Crippen molar-refractivity contribution >= 4 is 5.91 Å². The van der Waals surface area contributed by atoms with Crippen molar-refractivity contribution in [3.63, 3.8) is 0 Å². The molecule has 1 aliphatic rings. The first-order valence-electron chi connectivity index (χ1n) is 6.04. The molecule has 0 radical (unpaired) electrons. The van der Waals surface area contributed by atoms with E-state index >= 15 is 0 Å². The maximum absolute atomic E-state index is 11.8. The van der Waals surface area contributed by atoms with Crippen LogP contribution in [0.1, 0.15) is 50.9 Å². The van der Waals surface area contributed by atoms with Gasteiger partial charge in [0.25, 0.3) is 0 Å². The van der Waals surface area contributed by atoms with Crippen molar-refractivity contribution in [3.8, 4) is 0 Å². The third-order valence-electron chi connectivity index (χ3n) is 3.26. The van der Waals surface area contributed by atoms with Crippen molar-refractivity contribution in [1.29, 1.82) is 0 Å². The minimum atomic E-state index is -0.0242. The molecule has 1 heterocycles. The Morgan fingerprint density at radius 3 is 3.00 bits per heavy atom. The molecule has 0 aliphatic heterocycles. The lowest BCUT2D eigenvalue weighted by Crippen LogP contribution is -2.28. The van der Waals surface area contributed by atoms with Crippen LogP contribution in [-0.4, -0.2) is 15.9 Å². The molecule has 4 heteroatoms. The van der Waals surface area contributed by atoms with Crippen molar-refractivity contribution in [2.45, 2.75) is 45.1 Å². The van der Waals surface area contributed by atoms with Gasteiger partial charge >= 0.3 is 0 Å². The van der Waals surface area contributed by atoms with Gasteiger partial charge in [-0.05, 0) is 25.7 Å². The molecule has 0 bridgehead atoms. The van der Waals surface area contributed by atoms with E-state index in [0.717, 1.165) is 5.82 Å². The molecule has 1 amide bonds. The summed E-state index contributed by atoms with van der Waals surface area (Å²) in [6, 6.07) is -0.0242. The lowest BCUT2D eigenvalue weighted by atomic mass is 10.0. The minimum absolute atomic E-state index is 0.0242. The lowest BCUT2D eigenvalue weighted by Gasteiger charge is -2.13. The molecule has 1 aromatic rings. The Labute approximate surface area is 95.9 Å². The van der Waals surface area contributed by atoms with Crippen LogP contribution in [0.3, 0.4) is 0 Å². The van der Waals surface area contributed by atoms with Gasteiger partial charge in [0.1, 0.15) is 5.82 Å². The number of rotatable bonds is 4. The molecule has 1 unspecified atom stereocenters. The highest BCUT2D eigenvalue weighted by atomic mass is 16.1. The number of imidazole rings is 1. The Morgan fingerprint density at radius 2 is 2.38 bits per heavy atom. The fraction of sp³-hybridized carbons (Fsp3) is 0.667. The number of amides is 1. The summed E-state index contributed by atoms with van der Waals surface area (Å²) in [6.07, 6.45) is 9.14. The first kappa shape index (κ1) is 11.2. The maximum atomic E-state index is 11.8. The van der Waals surface area contributed by atoms with Gasteiger partial charge < -0.3 is 10.3 Å². The smallest absolute Gasteiger partial charge is 0.220 e. The first-order valence-corrected chi connectivity index (χ1v) is 6.04. The van der Waals surface area contributed by atoms with Crippen LogP contribution in [0.15, 0.2) is 12.4 Å². The van der Waals surface area contributed by atoms with Gasteiger partial charge in [-0.15, -0.1) is 0 Å². The van der Waals surface area contributed by atoms with Crippen molar-refractivity contribution in [2.24, 2.45) is 5.92 Å². The fourth-order valence-electron chi connectivity index (χ4n) is 2.36. The van der Waals surface area contributed by atoms with E-state index < -0.39 is 0 Å². The summed E-state index contributed by atoms with van der Waals surface area (Å²) in [5.41, 5.74) is 0. The Hall–Kier alpha value is -1.32. The van der Waals surface area contributed by atoms with Crippen LogP contribution in [-0.2, 0) is 4.79 Å². The van der Waals surface area contributed by atoms with Gasteiger partial charge in [-0.1, -0.05) is 12.8 Å². The molecule has 1 saturated carbocycles. The van der Waals surface area contributed by atoms with Gasteiger partial charge in [-0.2, -0.15) is 0 Å². The second-order valence-corrected chi connectivity index (χ2v) is 4.62. The molecule has 2 N–H and O–H groups in total. The average molecular weight is 221 g/mol. The number of H-pyrrole nitrogens is 1. The monoisotopic (exact) mass is 221 g/mol. The Morgan fingerprint density at radius 1 is 1.62 bits per heavy atom. The van der Waals surface area contributed by atoms with Crippen LogP contribution < -0.4 is 5.32 Å². The van der Waals surface area contributed by atoms with Crippen LogP contribution in [0.4, 0.5) is 0 Å². The van der Waals surface area contributed by atoms with Crippen LogP contribution in [0.5, 0.6) is 0 Å². The lowest BCUT2D eigenvalue weighted by molar-refractivity contribution is -0.122. The predicted molar refractivity (Wildman–Crippen MR) is 61.7 cm³/mol. The normalized spacial score (nSPS) is 18.6. The quantitative estimate of drug-likeness (QED) is 0.818. The number of carbonyl (C=O) groups is 1. The highest BCUT2D eigenvalue weighted by Crippen LogP contribution is 2.27. The first-order chi connectivity index (χ1) is 7.75. The SMILES string of the molecule is CC(NC(=O)CC1CCCC1)c1ncc[nH]1. The second kappa shape index (κ2) is 5.14. The van der Waals surface area contributed by atoms with Gasteiger partial charge in [0.05, 0.1) is 6.04 Å². The Kier molecular flexibility index (Phi) is 3.59. The number of nitrogens with zero attached hydrogens (tertiary/aromatic N) is 1. The molecule has 16 heavy (non-hydrogen) atoms. The second-order valence-electron chi connectivity index (χ2n) is 4.62. The zero-order valence-corrected chi connectivity index (χ0v) is 9.70. The number of hydrogen-bond acceptors (Lipinski definition) is 2. The highest BCUT2D eigenvalue weighted by molar-refractivity contribution is 5.76.